The largest absolute Gasteiger partial charge is 0.391 e. The number of nitrogens with two attached hydrogens (primary N) is 1. The molecule has 0 unspecified atom stereocenters. The van der Waals surface area contributed by atoms with Crippen molar-refractivity contribution in [3.05, 3.63) is 0 Å². The molecule has 4 heteroatoms. The van der Waals surface area contributed by atoms with E-state index in [2.05, 4.69) is 5.32 Å². The first-order valence-corrected chi connectivity index (χ1v) is 5.67. The van der Waals surface area contributed by atoms with Crippen LogP contribution in [0.1, 0.15) is 38.5 Å². The summed E-state index contributed by atoms with van der Waals surface area (Å²) in [6, 6.07) is 0. The van der Waals surface area contributed by atoms with Crippen LogP contribution in [0, 0.1) is 5.92 Å². The first-order valence-electron chi connectivity index (χ1n) is 5.26. The summed E-state index contributed by atoms with van der Waals surface area (Å²) in [6.07, 6.45) is 6.12. The van der Waals surface area contributed by atoms with Crippen molar-refractivity contribution in [1.29, 1.82) is 0 Å². The highest BCUT2D eigenvalue weighted by Gasteiger charge is 2.41. The van der Waals surface area contributed by atoms with Crippen LogP contribution in [0.3, 0.4) is 0 Å². The van der Waals surface area contributed by atoms with Gasteiger partial charge >= 0.3 is 0 Å². The molecule has 14 heavy (non-hydrogen) atoms. The van der Waals surface area contributed by atoms with Crippen LogP contribution in [0.4, 0.5) is 0 Å². The molecule has 2 aliphatic carbocycles. The third-order valence-electron chi connectivity index (χ3n) is 3.24. The Morgan fingerprint density at radius 1 is 1.36 bits per heavy atom. The molecule has 0 aromatic rings. The molecule has 0 bridgehead atoms. The summed E-state index contributed by atoms with van der Waals surface area (Å²) in [6.45, 7) is 0. The SMILES string of the molecule is NC(=S)C1(NC(=O)C2CC2)CCCC1. The van der Waals surface area contributed by atoms with E-state index >= 15 is 0 Å². The molecular formula is C10H16N2OS. The van der Waals surface area contributed by atoms with Crippen LogP contribution >= 0.6 is 12.2 Å². The minimum absolute atomic E-state index is 0.153. The lowest BCUT2D eigenvalue weighted by Crippen LogP contribution is -2.55. The van der Waals surface area contributed by atoms with Crippen molar-refractivity contribution in [1.82, 2.24) is 5.32 Å². The Balaban J connectivity index is 2.03. The predicted octanol–water partition coefficient (Wildman–Crippen LogP) is 1.11. The van der Waals surface area contributed by atoms with Gasteiger partial charge in [0, 0.05) is 5.92 Å². The van der Waals surface area contributed by atoms with E-state index in [9.17, 15) is 4.79 Å². The maximum atomic E-state index is 11.6. The third kappa shape index (κ3) is 1.75. The van der Waals surface area contributed by atoms with Crippen LogP contribution in [0.5, 0.6) is 0 Å². The highest BCUT2D eigenvalue weighted by Crippen LogP contribution is 2.34. The molecule has 0 radical (unpaired) electrons. The fraction of sp³-hybridized carbons (Fsp3) is 0.800. The molecule has 0 aromatic heterocycles. The topological polar surface area (TPSA) is 55.1 Å². The third-order valence-corrected chi connectivity index (χ3v) is 3.63. The van der Waals surface area contributed by atoms with Crippen LogP contribution < -0.4 is 11.1 Å². The standard InChI is InChI=1S/C10H16N2OS/c11-9(14)10(5-1-2-6-10)12-8(13)7-3-4-7/h7H,1-6H2,(H2,11,14)(H,12,13). The average Bonchev–Trinajstić information content (AvgIpc) is 2.88. The minimum atomic E-state index is -0.352. The highest BCUT2D eigenvalue weighted by atomic mass is 32.1. The number of hydrogen-bond acceptors (Lipinski definition) is 2. The fourth-order valence-electron chi connectivity index (χ4n) is 2.09. The van der Waals surface area contributed by atoms with Crippen molar-refractivity contribution in [2.45, 2.75) is 44.1 Å². The summed E-state index contributed by atoms with van der Waals surface area (Å²) in [4.78, 5) is 12.1. The van der Waals surface area contributed by atoms with E-state index in [1.165, 1.54) is 0 Å². The van der Waals surface area contributed by atoms with Crippen molar-refractivity contribution in [2.24, 2.45) is 11.7 Å². The van der Waals surface area contributed by atoms with Gasteiger partial charge in [-0.05, 0) is 25.7 Å². The molecule has 1 amide bonds. The van der Waals surface area contributed by atoms with Gasteiger partial charge in [-0.2, -0.15) is 0 Å². The number of amides is 1. The molecule has 0 aliphatic heterocycles. The Morgan fingerprint density at radius 2 is 1.93 bits per heavy atom. The highest BCUT2D eigenvalue weighted by molar-refractivity contribution is 7.80. The summed E-state index contributed by atoms with van der Waals surface area (Å²) < 4.78 is 0. The second-order valence-corrected chi connectivity index (χ2v) is 4.86. The fourth-order valence-corrected chi connectivity index (χ4v) is 2.35. The van der Waals surface area contributed by atoms with Gasteiger partial charge in [0.05, 0.1) is 10.5 Å². The molecule has 3 N–H and O–H groups in total. The van der Waals surface area contributed by atoms with Gasteiger partial charge in [-0.25, -0.2) is 0 Å². The van der Waals surface area contributed by atoms with E-state index in [4.69, 9.17) is 18.0 Å². The monoisotopic (exact) mass is 212 g/mol. The van der Waals surface area contributed by atoms with Gasteiger partial charge < -0.3 is 11.1 Å². The molecule has 0 atom stereocenters. The number of hydrogen-bond donors (Lipinski definition) is 2. The van der Waals surface area contributed by atoms with E-state index in [0.29, 0.717) is 4.99 Å². The molecule has 2 aliphatic rings. The van der Waals surface area contributed by atoms with E-state index in [0.717, 1.165) is 38.5 Å². The quantitative estimate of drug-likeness (QED) is 0.689. The van der Waals surface area contributed by atoms with Gasteiger partial charge in [0.25, 0.3) is 0 Å². The number of carbonyl (C=O) groups is 1. The minimum Gasteiger partial charge on any atom is -0.391 e. The van der Waals surface area contributed by atoms with E-state index in [1.807, 2.05) is 0 Å². The number of thiocarbonyl (C=S) groups is 1. The Morgan fingerprint density at radius 3 is 2.36 bits per heavy atom. The van der Waals surface area contributed by atoms with Crippen molar-refractivity contribution >= 4 is 23.1 Å². The molecule has 78 valence electrons. The lowest BCUT2D eigenvalue weighted by atomic mass is 9.97. The zero-order valence-corrected chi connectivity index (χ0v) is 9.03. The lowest BCUT2D eigenvalue weighted by Gasteiger charge is -2.29. The zero-order valence-electron chi connectivity index (χ0n) is 8.21. The maximum absolute atomic E-state index is 11.6. The number of carbonyl (C=O) groups excluding carboxylic acids is 1. The van der Waals surface area contributed by atoms with Gasteiger partial charge in [-0.15, -0.1) is 0 Å². The predicted molar refractivity (Wildman–Crippen MR) is 58.9 cm³/mol. The average molecular weight is 212 g/mol. The summed E-state index contributed by atoms with van der Waals surface area (Å²) in [5.41, 5.74) is 5.37. The molecule has 0 aromatic carbocycles. The van der Waals surface area contributed by atoms with Gasteiger partial charge in [0.1, 0.15) is 0 Å². The summed E-state index contributed by atoms with van der Waals surface area (Å²) in [5.74, 6) is 0.390. The zero-order chi connectivity index (χ0) is 10.2. The van der Waals surface area contributed by atoms with E-state index in [-0.39, 0.29) is 17.4 Å². The smallest absolute Gasteiger partial charge is 0.223 e. The second-order valence-electron chi connectivity index (χ2n) is 4.42. The molecule has 0 spiro atoms. The van der Waals surface area contributed by atoms with Crippen LogP contribution in [-0.4, -0.2) is 16.4 Å². The van der Waals surface area contributed by atoms with Crippen molar-refractivity contribution in [3.8, 4) is 0 Å². The Kier molecular flexibility index (Phi) is 2.47. The van der Waals surface area contributed by atoms with Gasteiger partial charge in [0.2, 0.25) is 5.91 Å². The van der Waals surface area contributed by atoms with Crippen LogP contribution in [-0.2, 0) is 4.79 Å². The van der Waals surface area contributed by atoms with Gasteiger partial charge in [-0.3, -0.25) is 4.79 Å². The number of rotatable bonds is 3. The Labute approximate surface area is 89.4 Å². The molecule has 3 nitrogen and oxygen atoms in total. The number of nitrogens with one attached hydrogen (secondary N) is 1. The summed E-state index contributed by atoms with van der Waals surface area (Å²) in [7, 11) is 0. The van der Waals surface area contributed by atoms with Crippen LogP contribution in [0.2, 0.25) is 0 Å². The molecule has 2 rings (SSSR count). The maximum Gasteiger partial charge on any atom is 0.223 e. The van der Waals surface area contributed by atoms with Crippen molar-refractivity contribution in [3.63, 3.8) is 0 Å². The van der Waals surface area contributed by atoms with E-state index in [1.54, 1.807) is 0 Å². The molecule has 0 saturated heterocycles. The van der Waals surface area contributed by atoms with Crippen molar-refractivity contribution < 1.29 is 4.79 Å². The second kappa shape index (κ2) is 3.50. The van der Waals surface area contributed by atoms with Crippen molar-refractivity contribution in [2.75, 3.05) is 0 Å². The molecule has 0 heterocycles. The molecule has 2 fully saturated rings. The Bertz CT molecular complexity index is 267. The first-order chi connectivity index (χ1) is 6.64. The van der Waals surface area contributed by atoms with Crippen LogP contribution in [0.25, 0.3) is 0 Å². The molecular weight excluding hydrogens is 196 g/mol. The van der Waals surface area contributed by atoms with Gasteiger partial charge in [0.15, 0.2) is 0 Å². The summed E-state index contributed by atoms with van der Waals surface area (Å²) >= 11 is 5.06. The van der Waals surface area contributed by atoms with Gasteiger partial charge in [-0.1, -0.05) is 25.1 Å². The summed E-state index contributed by atoms with van der Waals surface area (Å²) in [5, 5.41) is 3.05. The molecule has 2 saturated carbocycles. The van der Waals surface area contributed by atoms with E-state index < -0.39 is 0 Å². The Hall–Kier alpha value is -0.640. The first kappa shape index (κ1) is 9.90. The normalized spacial score (nSPS) is 24.6. The lowest BCUT2D eigenvalue weighted by molar-refractivity contribution is -0.123. The van der Waals surface area contributed by atoms with Crippen LogP contribution in [0.15, 0.2) is 0 Å².